The molecule has 100 valence electrons. The molecule has 4 nitrogen and oxygen atoms in total. The molecule has 2 N–H and O–H groups in total. The Hall–Kier alpha value is -1.72. The van der Waals surface area contributed by atoms with Crippen LogP contribution in [0.3, 0.4) is 0 Å². The largest absolute Gasteiger partial charge is 0.478 e. The van der Waals surface area contributed by atoms with Gasteiger partial charge in [0.05, 0.1) is 16.3 Å². The van der Waals surface area contributed by atoms with Crippen molar-refractivity contribution < 1.29 is 9.90 Å². The highest BCUT2D eigenvalue weighted by atomic mass is 32.1. The number of thiazole rings is 1. The number of carboxylic acids is 1. The third-order valence-corrected chi connectivity index (χ3v) is 3.61. The second-order valence-corrected chi connectivity index (χ2v) is 5.31. The van der Waals surface area contributed by atoms with Crippen LogP contribution in [0.4, 0.5) is 0 Å². The number of nitrogens with zero attached hydrogens (tertiary/aromatic N) is 1. The lowest BCUT2D eigenvalue weighted by Crippen LogP contribution is -2.18. The number of aromatic nitrogens is 1. The maximum absolute atomic E-state index is 11.0. The second-order valence-electron chi connectivity index (χ2n) is 4.25. The Kier molecular flexibility index (Phi) is 4.65. The van der Waals surface area contributed by atoms with E-state index in [1.807, 2.05) is 19.1 Å². The summed E-state index contributed by atoms with van der Waals surface area (Å²) in [6, 6.07) is 7.06. The summed E-state index contributed by atoms with van der Waals surface area (Å²) in [5, 5.41) is 15.5. The number of aryl methyl sites for hydroxylation is 1. The number of rotatable bonds is 6. The molecule has 0 aliphatic rings. The van der Waals surface area contributed by atoms with Gasteiger partial charge in [-0.2, -0.15) is 0 Å². The Balaban J connectivity index is 1.84. The molecule has 0 aliphatic heterocycles. The van der Waals surface area contributed by atoms with E-state index in [-0.39, 0.29) is 0 Å². The van der Waals surface area contributed by atoms with Gasteiger partial charge in [-0.1, -0.05) is 18.2 Å². The fraction of sp³-hybridized carbons (Fsp3) is 0.286. The summed E-state index contributed by atoms with van der Waals surface area (Å²) in [5.41, 5.74) is 2.26. The summed E-state index contributed by atoms with van der Waals surface area (Å²) >= 11 is 1.65. The van der Waals surface area contributed by atoms with Crippen molar-refractivity contribution in [3.05, 3.63) is 51.5 Å². The molecule has 0 amide bonds. The molecule has 0 saturated carbocycles. The summed E-state index contributed by atoms with van der Waals surface area (Å²) in [6.45, 7) is 3.34. The zero-order chi connectivity index (χ0) is 13.7. The Labute approximate surface area is 116 Å². The fourth-order valence-corrected chi connectivity index (χ4v) is 2.49. The molecule has 1 aromatic heterocycles. The Morgan fingerprint density at radius 2 is 2.21 bits per heavy atom. The van der Waals surface area contributed by atoms with Gasteiger partial charge in [-0.05, 0) is 18.6 Å². The molecule has 5 heteroatoms. The zero-order valence-electron chi connectivity index (χ0n) is 10.7. The highest BCUT2D eigenvalue weighted by molar-refractivity contribution is 7.09. The smallest absolute Gasteiger partial charge is 0.336 e. The molecule has 19 heavy (non-hydrogen) atoms. The van der Waals surface area contributed by atoms with Crippen LogP contribution in [0.5, 0.6) is 0 Å². The third kappa shape index (κ3) is 3.87. The van der Waals surface area contributed by atoms with Crippen LogP contribution in [0.2, 0.25) is 0 Å². The van der Waals surface area contributed by atoms with Gasteiger partial charge in [-0.3, -0.25) is 0 Å². The predicted molar refractivity (Wildman–Crippen MR) is 75.7 cm³/mol. The number of hydrogen-bond acceptors (Lipinski definition) is 4. The Morgan fingerprint density at radius 1 is 1.42 bits per heavy atom. The van der Waals surface area contributed by atoms with E-state index in [1.165, 1.54) is 0 Å². The topological polar surface area (TPSA) is 62.2 Å². The standard InChI is InChI=1S/C14H16N2O2S/c1-10-16-12(9-19-10)6-7-15-8-11-4-2-3-5-13(11)14(17)18/h2-5,9,15H,6-8H2,1H3,(H,17,18). The highest BCUT2D eigenvalue weighted by Crippen LogP contribution is 2.09. The van der Waals surface area contributed by atoms with Crippen molar-refractivity contribution in [1.29, 1.82) is 0 Å². The van der Waals surface area contributed by atoms with Crippen molar-refractivity contribution in [3.8, 4) is 0 Å². The van der Waals surface area contributed by atoms with Gasteiger partial charge in [-0.15, -0.1) is 11.3 Å². The molecular formula is C14H16N2O2S. The first kappa shape index (κ1) is 13.7. The molecule has 0 aliphatic carbocycles. The molecule has 1 heterocycles. The number of hydrogen-bond donors (Lipinski definition) is 2. The summed E-state index contributed by atoms with van der Waals surface area (Å²) in [7, 11) is 0. The van der Waals surface area contributed by atoms with Crippen molar-refractivity contribution >= 4 is 17.3 Å². The van der Waals surface area contributed by atoms with Gasteiger partial charge < -0.3 is 10.4 Å². The Morgan fingerprint density at radius 3 is 2.89 bits per heavy atom. The average molecular weight is 276 g/mol. The Bertz CT molecular complexity index is 566. The zero-order valence-corrected chi connectivity index (χ0v) is 11.5. The molecular weight excluding hydrogens is 260 g/mol. The van der Waals surface area contributed by atoms with Crippen LogP contribution in [-0.2, 0) is 13.0 Å². The molecule has 1 aromatic carbocycles. The van der Waals surface area contributed by atoms with Crippen molar-refractivity contribution in [2.24, 2.45) is 0 Å². The molecule has 0 radical (unpaired) electrons. The summed E-state index contributed by atoms with van der Waals surface area (Å²) in [5.74, 6) is -0.882. The molecule has 0 bridgehead atoms. The van der Waals surface area contributed by atoms with Gasteiger partial charge in [0.15, 0.2) is 0 Å². The van der Waals surface area contributed by atoms with E-state index in [1.54, 1.807) is 23.5 Å². The first-order chi connectivity index (χ1) is 9.16. The highest BCUT2D eigenvalue weighted by Gasteiger charge is 2.08. The minimum atomic E-state index is -0.882. The minimum absolute atomic E-state index is 0.361. The lowest BCUT2D eigenvalue weighted by atomic mass is 10.1. The number of carboxylic acid groups (broad SMARTS) is 1. The average Bonchev–Trinajstić information content (AvgIpc) is 2.81. The molecule has 0 fully saturated rings. The summed E-state index contributed by atoms with van der Waals surface area (Å²) in [6.07, 6.45) is 0.861. The predicted octanol–water partition coefficient (Wildman–Crippen LogP) is 2.48. The summed E-state index contributed by atoms with van der Waals surface area (Å²) < 4.78 is 0. The maximum atomic E-state index is 11.0. The quantitative estimate of drug-likeness (QED) is 0.796. The van der Waals surface area contributed by atoms with E-state index in [0.717, 1.165) is 29.2 Å². The number of carbonyl (C=O) groups is 1. The molecule has 0 spiro atoms. The van der Waals surface area contributed by atoms with Crippen LogP contribution in [0, 0.1) is 6.92 Å². The number of nitrogens with one attached hydrogen (secondary N) is 1. The van der Waals surface area contributed by atoms with Crippen LogP contribution < -0.4 is 5.32 Å². The van der Waals surface area contributed by atoms with Crippen molar-refractivity contribution in [2.45, 2.75) is 19.9 Å². The molecule has 0 saturated heterocycles. The summed E-state index contributed by atoms with van der Waals surface area (Å²) in [4.78, 5) is 15.4. The number of aromatic carboxylic acids is 1. The van der Waals surface area contributed by atoms with E-state index < -0.39 is 5.97 Å². The van der Waals surface area contributed by atoms with Crippen molar-refractivity contribution in [2.75, 3.05) is 6.54 Å². The van der Waals surface area contributed by atoms with Crippen LogP contribution in [0.1, 0.15) is 26.6 Å². The first-order valence-corrected chi connectivity index (χ1v) is 6.97. The maximum Gasteiger partial charge on any atom is 0.336 e. The second kappa shape index (κ2) is 6.45. The fourth-order valence-electron chi connectivity index (χ4n) is 1.85. The minimum Gasteiger partial charge on any atom is -0.478 e. The normalized spacial score (nSPS) is 10.6. The van der Waals surface area contributed by atoms with E-state index in [4.69, 9.17) is 5.11 Å². The van der Waals surface area contributed by atoms with Crippen LogP contribution in [0.15, 0.2) is 29.6 Å². The van der Waals surface area contributed by atoms with Crippen molar-refractivity contribution in [1.82, 2.24) is 10.3 Å². The molecule has 2 aromatic rings. The third-order valence-electron chi connectivity index (χ3n) is 2.79. The SMILES string of the molecule is Cc1nc(CCNCc2ccccc2C(=O)O)cs1. The van der Waals surface area contributed by atoms with Gasteiger partial charge in [0.2, 0.25) is 0 Å². The van der Waals surface area contributed by atoms with E-state index in [2.05, 4.69) is 15.7 Å². The molecule has 0 unspecified atom stereocenters. The van der Waals surface area contributed by atoms with Gasteiger partial charge in [0.25, 0.3) is 0 Å². The lowest BCUT2D eigenvalue weighted by molar-refractivity contribution is 0.0695. The molecule has 0 atom stereocenters. The number of benzene rings is 1. The van der Waals surface area contributed by atoms with E-state index in [0.29, 0.717) is 12.1 Å². The van der Waals surface area contributed by atoms with Gasteiger partial charge in [0.1, 0.15) is 0 Å². The van der Waals surface area contributed by atoms with Crippen molar-refractivity contribution in [3.63, 3.8) is 0 Å². The first-order valence-electron chi connectivity index (χ1n) is 6.10. The van der Waals surface area contributed by atoms with E-state index in [9.17, 15) is 4.79 Å². The monoisotopic (exact) mass is 276 g/mol. The lowest BCUT2D eigenvalue weighted by Gasteiger charge is -2.07. The molecule has 2 rings (SSSR count). The van der Waals surface area contributed by atoms with Crippen LogP contribution in [-0.4, -0.2) is 22.6 Å². The van der Waals surface area contributed by atoms with Gasteiger partial charge in [-0.25, -0.2) is 9.78 Å². The van der Waals surface area contributed by atoms with E-state index >= 15 is 0 Å². The van der Waals surface area contributed by atoms with Gasteiger partial charge >= 0.3 is 5.97 Å². The van der Waals surface area contributed by atoms with Crippen LogP contribution >= 0.6 is 11.3 Å². The van der Waals surface area contributed by atoms with Crippen LogP contribution in [0.25, 0.3) is 0 Å². The van der Waals surface area contributed by atoms with Gasteiger partial charge in [0, 0.05) is 24.9 Å².